The highest BCUT2D eigenvalue weighted by molar-refractivity contribution is 5.93. The highest BCUT2D eigenvalue weighted by Gasteiger charge is 2.17. The number of nitrogens with zero attached hydrogens (tertiary/aromatic N) is 2. The molecule has 7 nitrogen and oxygen atoms in total. The topological polar surface area (TPSA) is 93.1 Å². The summed E-state index contributed by atoms with van der Waals surface area (Å²) in [5.74, 6) is -0.675. The summed E-state index contributed by atoms with van der Waals surface area (Å²) in [4.78, 5) is 41.6. The zero-order chi connectivity index (χ0) is 19.9. The van der Waals surface area contributed by atoms with Crippen LogP contribution < -0.4 is 16.2 Å². The van der Waals surface area contributed by atoms with Crippen molar-refractivity contribution in [2.24, 2.45) is 0 Å². The quantitative estimate of drug-likeness (QED) is 0.798. The van der Waals surface area contributed by atoms with Gasteiger partial charge in [0, 0.05) is 17.9 Å². The highest BCUT2D eigenvalue weighted by Crippen LogP contribution is 2.17. The van der Waals surface area contributed by atoms with E-state index in [2.05, 4.69) is 15.6 Å². The number of hydrogen-bond acceptors (Lipinski definition) is 4. The van der Waals surface area contributed by atoms with Crippen molar-refractivity contribution in [1.29, 1.82) is 0 Å². The average molecular weight is 382 g/mol. The Morgan fingerprint density at radius 3 is 2.68 bits per heavy atom. The summed E-state index contributed by atoms with van der Waals surface area (Å²) in [6.07, 6.45) is 6.95. The minimum Gasteiger partial charge on any atom is -0.352 e. The summed E-state index contributed by atoms with van der Waals surface area (Å²) < 4.78 is 1.28. The first-order valence-electron chi connectivity index (χ1n) is 9.72. The third-order valence-electron chi connectivity index (χ3n) is 4.93. The van der Waals surface area contributed by atoms with Crippen LogP contribution in [-0.2, 0) is 17.9 Å². The summed E-state index contributed by atoms with van der Waals surface area (Å²) in [5.41, 5.74) is 1.12. The van der Waals surface area contributed by atoms with Crippen molar-refractivity contribution in [3.05, 3.63) is 63.8 Å². The first-order valence-corrected chi connectivity index (χ1v) is 9.72. The molecule has 0 radical (unpaired) electrons. The van der Waals surface area contributed by atoms with E-state index in [0.29, 0.717) is 0 Å². The van der Waals surface area contributed by atoms with Crippen LogP contribution in [0.15, 0.2) is 41.3 Å². The van der Waals surface area contributed by atoms with Crippen LogP contribution in [0, 0.1) is 6.92 Å². The van der Waals surface area contributed by atoms with Crippen LogP contribution in [0.1, 0.15) is 53.8 Å². The van der Waals surface area contributed by atoms with Gasteiger partial charge in [-0.1, -0.05) is 25.3 Å². The molecule has 7 heteroatoms. The smallest absolute Gasteiger partial charge is 0.263 e. The molecule has 0 atom stereocenters. The molecule has 0 bridgehead atoms. The Morgan fingerprint density at radius 2 is 1.93 bits per heavy atom. The number of nitrogens with one attached hydrogen (secondary N) is 2. The molecule has 0 unspecified atom stereocenters. The van der Waals surface area contributed by atoms with Crippen molar-refractivity contribution in [1.82, 2.24) is 20.2 Å². The van der Waals surface area contributed by atoms with E-state index >= 15 is 0 Å². The number of carbonyl (C=O) groups excluding carboxylic acids is 2. The Balaban J connectivity index is 1.62. The van der Waals surface area contributed by atoms with Crippen molar-refractivity contribution in [3.63, 3.8) is 0 Å². The summed E-state index contributed by atoms with van der Waals surface area (Å²) >= 11 is 0. The number of amides is 2. The summed E-state index contributed by atoms with van der Waals surface area (Å²) in [5, 5.41) is 5.70. The molecule has 0 spiro atoms. The molecular formula is C21H26N4O3. The molecule has 28 heavy (non-hydrogen) atoms. The molecule has 1 saturated carbocycles. The van der Waals surface area contributed by atoms with Gasteiger partial charge in [0.15, 0.2) is 0 Å². The summed E-state index contributed by atoms with van der Waals surface area (Å²) in [6, 6.07) is 8.81. The minimum atomic E-state index is -0.477. The predicted molar refractivity (Wildman–Crippen MR) is 106 cm³/mol. The molecule has 148 valence electrons. The van der Waals surface area contributed by atoms with E-state index < -0.39 is 11.5 Å². The largest absolute Gasteiger partial charge is 0.352 e. The maximum atomic E-state index is 12.6. The summed E-state index contributed by atoms with van der Waals surface area (Å²) in [7, 11) is 0. The fraction of sp³-hybridized carbons (Fsp3) is 0.429. The molecule has 2 aromatic heterocycles. The maximum absolute atomic E-state index is 12.6. The van der Waals surface area contributed by atoms with Crippen molar-refractivity contribution in [2.75, 3.05) is 0 Å². The van der Waals surface area contributed by atoms with E-state index in [1.54, 1.807) is 6.07 Å². The van der Waals surface area contributed by atoms with E-state index in [9.17, 15) is 14.4 Å². The van der Waals surface area contributed by atoms with Crippen LogP contribution in [0.2, 0.25) is 0 Å². The molecule has 1 aliphatic rings. The summed E-state index contributed by atoms with van der Waals surface area (Å²) in [6.45, 7) is 2.02. The highest BCUT2D eigenvalue weighted by atomic mass is 16.2. The SMILES string of the molecule is Cc1cccc(CNC(=O)c2cccn(CC(=O)NC3CCCCC3)c2=O)n1. The molecule has 3 rings (SSSR count). The molecule has 0 saturated heterocycles. The Morgan fingerprint density at radius 1 is 1.14 bits per heavy atom. The number of aromatic nitrogens is 2. The molecule has 2 N–H and O–H groups in total. The van der Waals surface area contributed by atoms with E-state index in [1.165, 1.54) is 23.3 Å². The van der Waals surface area contributed by atoms with E-state index in [-0.39, 0.29) is 30.6 Å². The standard InChI is InChI=1S/C21H26N4O3/c1-15-7-5-10-17(23-15)13-22-20(27)18-11-6-12-25(21(18)28)14-19(26)24-16-8-3-2-4-9-16/h5-7,10-12,16H,2-4,8-9,13-14H2,1H3,(H,22,27)(H,24,26). The molecule has 2 amide bonds. The fourth-order valence-electron chi connectivity index (χ4n) is 3.47. The Labute approximate surface area is 164 Å². The van der Waals surface area contributed by atoms with Gasteiger partial charge >= 0.3 is 0 Å². The molecule has 0 aromatic carbocycles. The molecule has 2 heterocycles. The van der Waals surface area contributed by atoms with Gasteiger partial charge in [0.25, 0.3) is 11.5 Å². The zero-order valence-corrected chi connectivity index (χ0v) is 16.1. The Bertz CT molecular complexity index is 901. The molecule has 1 fully saturated rings. The second-order valence-electron chi connectivity index (χ2n) is 7.21. The van der Waals surface area contributed by atoms with Gasteiger partial charge in [-0.25, -0.2) is 0 Å². The van der Waals surface area contributed by atoms with Gasteiger partial charge in [-0.05, 0) is 44.0 Å². The molecule has 2 aromatic rings. The third kappa shape index (κ3) is 5.28. The van der Waals surface area contributed by atoms with Gasteiger partial charge < -0.3 is 15.2 Å². The Kier molecular flexibility index (Phi) is 6.57. The van der Waals surface area contributed by atoms with Crippen molar-refractivity contribution in [3.8, 4) is 0 Å². The van der Waals surface area contributed by atoms with Crippen LogP contribution >= 0.6 is 0 Å². The van der Waals surface area contributed by atoms with Gasteiger partial charge in [0.05, 0.1) is 12.2 Å². The van der Waals surface area contributed by atoms with Crippen LogP contribution in [0.4, 0.5) is 0 Å². The zero-order valence-electron chi connectivity index (χ0n) is 16.1. The van der Waals surface area contributed by atoms with Crippen molar-refractivity contribution < 1.29 is 9.59 Å². The average Bonchev–Trinajstić information content (AvgIpc) is 2.68. The maximum Gasteiger partial charge on any atom is 0.263 e. The lowest BCUT2D eigenvalue weighted by Crippen LogP contribution is -2.41. The van der Waals surface area contributed by atoms with Crippen LogP contribution in [0.25, 0.3) is 0 Å². The first kappa shape index (κ1) is 19.8. The van der Waals surface area contributed by atoms with Gasteiger partial charge in [-0.3, -0.25) is 19.4 Å². The van der Waals surface area contributed by atoms with E-state index in [0.717, 1.165) is 37.1 Å². The van der Waals surface area contributed by atoms with Gasteiger partial charge in [-0.2, -0.15) is 0 Å². The fourth-order valence-corrected chi connectivity index (χ4v) is 3.47. The van der Waals surface area contributed by atoms with E-state index in [1.807, 2.05) is 25.1 Å². The minimum absolute atomic E-state index is 0.0145. The predicted octanol–water partition coefficient (Wildman–Crippen LogP) is 1.93. The molecule has 0 aliphatic heterocycles. The number of rotatable bonds is 6. The first-order chi connectivity index (χ1) is 13.5. The monoisotopic (exact) mass is 382 g/mol. The lowest BCUT2D eigenvalue weighted by molar-refractivity contribution is -0.122. The van der Waals surface area contributed by atoms with Crippen molar-refractivity contribution >= 4 is 11.8 Å². The number of hydrogen-bond donors (Lipinski definition) is 2. The van der Waals surface area contributed by atoms with Crippen LogP contribution in [0.3, 0.4) is 0 Å². The second-order valence-corrected chi connectivity index (χ2v) is 7.21. The van der Waals surface area contributed by atoms with Gasteiger partial charge in [0.1, 0.15) is 12.1 Å². The molecular weight excluding hydrogens is 356 g/mol. The lowest BCUT2D eigenvalue weighted by atomic mass is 9.95. The third-order valence-corrected chi connectivity index (χ3v) is 4.93. The lowest BCUT2D eigenvalue weighted by Gasteiger charge is -2.22. The van der Waals surface area contributed by atoms with Gasteiger partial charge in [0.2, 0.25) is 5.91 Å². The van der Waals surface area contributed by atoms with Crippen LogP contribution in [-0.4, -0.2) is 27.4 Å². The van der Waals surface area contributed by atoms with Crippen molar-refractivity contribution in [2.45, 2.75) is 58.2 Å². The normalized spacial score (nSPS) is 14.5. The van der Waals surface area contributed by atoms with E-state index in [4.69, 9.17) is 0 Å². The second kappa shape index (κ2) is 9.30. The number of aryl methyl sites for hydroxylation is 1. The van der Waals surface area contributed by atoms with Gasteiger partial charge in [-0.15, -0.1) is 0 Å². The Hall–Kier alpha value is -2.96. The van der Waals surface area contributed by atoms with Crippen LogP contribution in [0.5, 0.6) is 0 Å². The number of pyridine rings is 2. The number of carbonyl (C=O) groups is 2. The molecule has 1 aliphatic carbocycles.